The van der Waals surface area contributed by atoms with Crippen LogP contribution in [0.4, 0.5) is 4.79 Å². The van der Waals surface area contributed by atoms with Crippen LogP contribution in [0, 0.1) is 0 Å². The van der Waals surface area contributed by atoms with E-state index in [0.717, 1.165) is 60.6 Å². The minimum Gasteiger partial charge on any atom is -0.474 e. The summed E-state index contributed by atoms with van der Waals surface area (Å²) in [7, 11) is -3.51. The predicted octanol–water partition coefficient (Wildman–Crippen LogP) is 4.30. The Balaban J connectivity index is 1.45. The highest BCUT2D eigenvalue weighted by molar-refractivity contribution is 7.85. The van der Waals surface area contributed by atoms with E-state index in [0.29, 0.717) is 5.88 Å². The molecule has 0 aliphatic heterocycles. The molecule has 0 bridgehead atoms. The number of carbonyl (C=O) groups is 1. The largest absolute Gasteiger partial charge is 0.474 e. The third kappa shape index (κ3) is 5.98. The molecule has 11 heteroatoms. The Hall–Kier alpha value is -1.98. The first kappa shape index (κ1) is 25.1. The van der Waals surface area contributed by atoms with Gasteiger partial charge in [0.05, 0.1) is 18.2 Å². The number of fused-ring (bicyclic) bond motifs is 3. The van der Waals surface area contributed by atoms with Gasteiger partial charge in [0.25, 0.3) is 10.1 Å². The number of rotatable bonds is 6. The van der Waals surface area contributed by atoms with Gasteiger partial charge in [-0.1, -0.05) is 0 Å². The monoisotopic (exact) mass is 511 g/mol. The number of alkyl carbamates (subject to hydrolysis) is 1. The molecule has 1 fully saturated rings. The fourth-order valence-corrected chi connectivity index (χ4v) is 6.32. The fraction of sp³-hybridized carbons (Fsp3) is 0.696. The maximum atomic E-state index is 12.2. The number of aromatic nitrogens is 2. The molecule has 1 saturated carbocycles. The number of aryl methyl sites for hydroxylation is 1. The quantitative estimate of drug-likeness (QED) is 0.571. The van der Waals surface area contributed by atoms with Crippen LogP contribution in [0.1, 0.15) is 76.2 Å². The number of nitrogens with one attached hydrogen (secondary N) is 1. The second-order valence-corrected chi connectivity index (χ2v) is 13.3. The molecule has 1 atom stereocenters. The third-order valence-corrected chi connectivity index (χ3v) is 8.03. The predicted molar refractivity (Wildman–Crippen MR) is 130 cm³/mol. The third-order valence-electron chi connectivity index (χ3n) is 6.30. The molecule has 0 unspecified atom stereocenters. The summed E-state index contributed by atoms with van der Waals surface area (Å²) >= 11 is 1.61. The number of hydrogen-bond donors (Lipinski definition) is 1. The van der Waals surface area contributed by atoms with Crippen LogP contribution in [0.5, 0.6) is 5.88 Å². The lowest BCUT2D eigenvalue weighted by atomic mass is 9.82. The highest BCUT2D eigenvalue weighted by Crippen LogP contribution is 2.46. The van der Waals surface area contributed by atoms with Gasteiger partial charge in [0.2, 0.25) is 5.88 Å². The molecule has 0 spiro atoms. The Morgan fingerprint density at radius 1 is 1.24 bits per heavy atom. The minimum absolute atomic E-state index is 0.0282. The van der Waals surface area contributed by atoms with E-state index in [1.807, 2.05) is 27.7 Å². The number of carbonyl (C=O) groups excluding carboxylic acids is 1. The number of ether oxygens (including phenoxy) is 2. The molecule has 9 nitrogen and oxygen atoms in total. The normalized spacial score (nSPS) is 25.2. The summed E-state index contributed by atoms with van der Waals surface area (Å²) in [5.74, 6) is 0.516. The molecule has 188 valence electrons. The maximum Gasteiger partial charge on any atom is 0.408 e. The lowest BCUT2D eigenvalue weighted by Gasteiger charge is -2.38. The molecule has 0 radical (unpaired) electrons. The topological polar surface area (TPSA) is 117 Å². The van der Waals surface area contributed by atoms with E-state index in [4.69, 9.17) is 13.7 Å². The van der Waals surface area contributed by atoms with Crippen molar-refractivity contribution in [1.29, 1.82) is 0 Å². The zero-order valence-corrected chi connectivity index (χ0v) is 22.0. The molecule has 2 aromatic heterocycles. The van der Waals surface area contributed by atoms with Crippen molar-refractivity contribution in [3.63, 3.8) is 0 Å². The van der Waals surface area contributed by atoms with E-state index in [1.165, 1.54) is 11.2 Å². The second-order valence-electron chi connectivity index (χ2n) is 10.5. The molecule has 34 heavy (non-hydrogen) atoms. The van der Waals surface area contributed by atoms with Crippen LogP contribution >= 0.6 is 11.3 Å². The minimum atomic E-state index is -3.51. The summed E-state index contributed by atoms with van der Waals surface area (Å²) in [6.07, 6.45) is 6.91. The molecule has 0 saturated heterocycles. The van der Waals surface area contributed by atoms with E-state index in [9.17, 15) is 13.2 Å². The number of amides is 1. The van der Waals surface area contributed by atoms with Gasteiger partial charge in [-0.15, -0.1) is 11.3 Å². The summed E-state index contributed by atoms with van der Waals surface area (Å²) in [5.41, 5.74) is 0.178. The Morgan fingerprint density at radius 2 is 1.94 bits per heavy atom. The van der Waals surface area contributed by atoms with Crippen LogP contribution in [0.25, 0.3) is 10.2 Å². The van der Waals surface area contributed by atoms with Crippen molar-refractivity contribution < 1.29 is 26.9 Å². The van der Waals surface area contributed by atoms with Crippen molar-refractivity contribution in [3.05, 3.63) is 16.8 Å². The van der Waals surface area contributed by atoms with Crippen LogP contribution in [0.2, 0.25) is 0 Å². The van der Waals surface area contributed by atoms with Gasteiger partial charge in [-0.3, -0.25) is 4.18 Å². The standard InChI is InChI=1S/C23H33N3O6S2/c1-22(2,3)32-21(27)26-23(4)10-8-15(9-11-23)31-19-18-17-14(12-30-34(5,28)29)6-7-16(17)33-20(18)25-13-24-19/h13-15H,6-12H2,1-5H3,(H,26,27)/t14-,15?,23?/m1/s1. The first-order valence-corrected chi connectivity index (χ1v) is 14.2. The molecule has 2 heterocycles. The summed E-state index contributed by atoms with van der Waals surface area (Å²) in [6.45, 7) is 7.70. The van der Waals surface area contributed by atoms with Gasteiger partial charge in [0.1, 0.15) is 22.9 Å². The van der Waals surface area contributed by atoms with Gasteiger partial charge in [0, 0.05) is 16.3 Å². The molecule has 2 aliphatic rings. The highest BCUT2D eigenvalue weighted by atomic mass is 32.2. The van der Waals surface area contributed by atoms with E-state index in [-0.39, 0.29) is 24.2 Å². The molecule has 2 aliphatic carbocycles. The van der Waals surface area contributed by atoms with Gasteiger partial charge >= 0.3 is 6.09 Å². The first-order chi connectivity index (χ1) is 15.8. The number of nitrogens with zero attached hydrogens (tertiary/aromatic N) is 2. The van der Waals surface area contributed by atoms with E-state index >= 15 is 0 Å². The van der Waals surface area contributed by atoms with Gasteiger partial charge in [0.15, 0.2) is 0 Å². The van der Waals surface area contributed by atoms with Crippen LogP contribution in [-0.4, -0.2) is 54.6 Å². The van der Waals surface area contributed by atoms with E-state index < -0.39 is 21.8 Å². The Labute approximate surface area is 204 Å². The lowest BCUT2D eigenvalue weighted by Crippen LogP contribution is -2.51. The van der Waals surface area contributed by atoms with Crippen molar-refractivity contribution in [3.8, 4) is 5.88 Å². The fourth-order valence-electron chi connectivity index (χ4n) is 4.68. The van der Waals surface area contributed by atoms with Crippen molar-refractivity contribution in [1.82, 2.24) is 15.3 Å². The second kappa shape index (κ2) is 9.23. The van der Waals surface area contributed by atoms with Crippen LogP contribution in [0.3, 0.4) is 0 Å². The van der Waals surface area contributed by atoms with Crippen LogP contribution < -0.4 is 10.1 Å². The molecular weight excluding hydrogens is 478 g/mol. The first-order valence-electron chi connectivity index (χ1n) is 11.6. The van der Waals surface area contributed by atoms with Crippen molar-refractivity contribution in [2.75, 3.05) is 12.9 Å². The van der Waals surface area contributed by atoms with Gasteiger partial charge in [-0.2, -0.15) is 8.42 Å². The molecule has 2 aromatic rings. The average Bonchev–Trinajstić information content (AvgIpc) is 3.25. The molecule has 0 aromatic carbocycles. The number of thiophene rings is 1. The highest BCUT2D eigenvalue weighted by Gasteiger charge is 2.36. The SMILES string of the molecule is CC1(NC(=O)OC(C)(C)C)CCC(Oc2ncnc3sc4c(c23)[C@@H](COS(C)(=O)=O)CC4)CC1. The molecular formula is C23H33N3O6S2. The van der Waals surface area contributed by atoms with Gasteiger partial charge in [-0.25, -0.2) is 14.8 Å². The Morgan fingerprint density at radius 3 is 2.59 bits per heavy atom. The van der Waals surface area contributed by atoms with Crippen molar-refractivity contribution in [2.45, 2.75) is 89.4 Å². The summed E-state index contributed by atoms with van der Waals surface area (Å²) in [4.78, 5) is 23.2. The lowest BCUT2D eigenvalue weighted by molar-refractivity contribution is 0.0385. The molecule has 1 amide bonds. The smallest absolute Gasteiger partial charge is 0.408 e. The van der Waals surface area contributed by atoms with Crippen LogP contribution in [-0.2, 0) is 25.5 Å². The Kier molecular flexibility index (Phi) is 6.82. The van der Waals surface area contributed by atoms with Crippen molar-refractivity contribution >= 4 is 37.8 Å². The summed E-state index contributed by atoms with van der Waals surface area (Å²) in [6, 6.07) is 0. The van der Waals surface area contributed by atoms with Gasteiger partial charge < -0.3 is 14.8 Å². The van der Waals surface area contributed by atoms with E-state index in [1.54, 1.807) is 11.3 Å². The maximum absolute atomic E-state index is 12.2. The van der Waals surface area contributed by atoms with Gasteiger partial charge in [-0.05, 0) is 71.8 Å². The Bertz CT molecular complexity index is 1160. The zero-order valence-electron chi connectivity index (χ0n) is 20.3. The number of hydrogen-bond acceptors (Lipinski definition) is 9. The summed E-state index contributed by atoms with van der Waals surface area (Å²) < 4.78 is 39.9. The van der Waals surface area contributed by atoms with Crippen molar-refractivity contribution in [2.24, 2.45) is 0 Å². The average molecular weight is 512 g/mol. The van der Waals surface area contributed by atoms with E-state index in [2.05, 4.69) is 15.3 Å². The summed E-state index contributed by atoms with van der Waals surface area (Å²) in [5, 5.41) is 3.90. The molecule has 1 N–H and O–H groups in total. The zero-order chi connectivity index (χ0) is 24.7. The molecule has 4 rings (SSSR count). The van der Waals surface area contributed by atoms with Crippen LogP contribution in [0.15, 0.2) is 6.33 Å².